The van der Waals surface area contributed by atoms with E-state index in [-0.39, 0.29) is 0 Å². The number of hydrogen-bond acceptors (Lipinski definition) is 2. The van der Waals surface area contributed by atoms with Crippen molar-refractivity contribution in [2.24, 2.45) is 0 Å². The fourth-order valence-electron chi connectivity index (χ4n) is 1.87. The molecule has 0 unspecified atom stereocenters. The van der Waals surface area contributed by atoms with Crippen LogP contribution in [0, 0.1) is 0 Å². The normalized spacial score (nSPS) is 10.4. The molecular formula is C15H18N2. The molecule has 0 aliphatic rings. The Morgan fingerprint density at radius 1 is 0.588 bits per heavy atom. The Labute approximate surface area is 102 Å². The van der Waals surface area contributed by atoms with Crippen LogP contribution in [0.1, 0.15) is 17.5 Å². The summed E-state index contributed by atoms with van der Waals surface area (Å²) in [6.45, 7) is 0. The summed E-state index contributed by atoms with van der Waals surface area (Å²) in [7, 11) is 0. The number of nitrogens with two attached hydrogens (primary N) is 2. The molecule has 0 amide bonds. The van der Waals surface area contributed by atoms with Crippen molar-refractivity contribution < 1.29 is 0 Å². The lowest BCUT2D eigenvalue weighted by Gasteiger charge is -2.03. The van der Waals surface area contributed by atoms with Crippen molar-refractivity contribution in [1.29, 1.82) is 0 Å². The minimum Gasteiger partial charge on any atom is -0.399 e. The van der Waals surface area contributed by atoms with Gasteiger partial charge < -0.3 is 11.5 Å². The number of rotatable bonds is 4. The highest BCUT2D eigenvalue weighted by molar-refractivity contribution is 5.40. The van der Waals surface area contributed by atoms with E-state index in [2.05, 4.69) is 24.3 Å². The minimum absolute atomic E-state index is 0.826. The smallest absolute Gasteiger partial charge is 0.0314 e. The van der Waals surface area contributed by atoms with Crippen molar-refractivity contribution in [3.63, 3.8) is 0 Å². The SMILES string of the molecule is Nc1ccc(CCCc2ccc(N)cc2)cc1. The van der Waals surface area contributed by atoms with Crippen LogP contribution in [0.3, 0.4) is 0 Å². The first kappa shape index (κ1) is 11.5. The largest absolute Gasteiger partial charge is 0.399 e. The average molecular weight is 226 g/mol. The molecule has 2 aromatic rings. The van der Waals surface area contributed by atoms with Gasteiger partial charge in [0, 0.05) is 11.4 Å². The van der Waals surface area contributed by atoms with Gasteiger partial charge in [0.15, 0.2) is 0 Å². The van der Waals surface area contributed by atoms with Gasteiger partial charge in [-0.3, -0.25) is 0 Å². The van der Waals surface area contributed by atoms with Crippen LogP contribution in [-0.4, -0.2) is 0 Å². The Kier molecular flexibility index (Phi) is 3.66. The second-order valence-corrected chi connectivity index (χ2v) is 4.34. The molecule has 0 atom stereocenters. The van der Waals surface area contributed by atoms with Crippen LogP contribution in [0.5, 0.6) is 0 Å². The second kappa shape index (κ2) is 5.39. The van der Waals surface area contributed by atoms with Crippen LogP contribution in [0.15, 0.2) is 48.5 Å². The van der Waals surface area contributed by atoms with Gasteiger partial charge in [0.2, 0.25) is 0 Å². The molecule has 0 aromatic heterocycles. The van der Waals surface area contributed by atoms with E-state index in [0.29, 0.717) is 0 Å². The van der Waals surface area contributed by atoms with E-state index in [0.717, 1.165) is 30.6 Å². The zero-order valence-electron chi connectivity index (χ0n) is 9.89. The number of anilines is 2. The fourth-order valence-corrected chi connectivity index (χ4v) is 1.87. The van der Waals surface area contributed by atoms with Crippen LogP contribution in [-0.2, 0) is 12.8 Å². The first-order valence-electron chi connectivity index (χ1n) is 5.93. The average Bonchev–Trinajstić information content (AvgIpc) is 2.34. The monoisotopic (exact) mass is 226 g/mol. The van der Waals surface area contributed by atoms with Crippen molar-refractivity contribution in [2.45, 2.75) is 19.3 Å². The van der Waals surface area contributed by atoms with Gasteiger partial charge in [-0.1, -0.05) is 24.3 Å². The van der Waals surface area contributed by atoms with E-state index in [4.69, 9.17) is 11.5 Å². The molecule has 0 bridgehead atoms. The second-order valence-electron chi connectivity index (χ2n) is 4.34. The third-order valence-corrected chi connectivity index (χ3v) is 2.89. The van der Waals surface area contributed by atoms with Crippen molar-refractivity contribution >= 4 is 11.4 Å². The van der Waals surface area contributed by atoms with Gasteiger partial charge in [0.25, 0.3) is 0 Å². The van der Waals surface area contributed by atoms with Gasteiger partial charge in [-0.15, -0.1) is 0 Å². The van der Waals surface area contributed by atoms with Crippen LogP contribution in [0.2, 0.25) is 0 Å². The lowest BCUT2D eigenvalue weighted by Crippen LogP contribution is -1.92. The van der Waals surface area contributed by atoms with Crippen molar-refractivity contribution in [3.05, 3.63) is 59.7 Å². The highest BCUT2D eigenvalue weighted by Gasteiger charge is 1.96. The first-order chi connectivity index (χ1) is 8.24. The van der Waals surface area contributed by atoms with E-state index < -0.39 is 0 Å². The summed E-state index contributed by atoms with van der Waals surface area (Å²) in [5.74, 6) is 0. The van der Waals surface area contributed by atoms with Crippen molar-refractivity contribution in [1.82, 2.24) is 0 Å². The van der Waals surface area contributed by atoms with Gasteiger partial charge in [-0.2, -0.15) is 0 Å². The molecule has 0 spiro atoms. The zero-order chi connectivity index (χ0) is 12.1. The number of nitrogen functional groups attached to an aromatic ring is 2. The first-order valence-corrected chi connectivity index (χ1v) is 5.93. The Bertz CT molecular complexity index is 412. The third-order valence-electron chi connectivity index (χ3n) is 2.89. The summed E-state index contributed by atoms with van der Waals surface area (Å²) < 4.78 is 0. The number of aryl methyl sites for hydroxylation is 2. The maximum absolute atomic E-state index is 5.65. The third kappa shape index (κ3) is 3.52. The molecule has 2 heteroatoms. The molecule has 2 rings (SSSR count). The zero-order valence-corrected chi connectivity index (χ0v) is 9.89. The van der Waals surface area contributed by atoms with Gasteiger partial charge in [0.05, 0.1) is 0 Å². The molecular weight excluding hydrogens is 208 g/mol. The van der Waals surface area contributed by atoms with E-state index in [1.165, 1.54) is 11.1 Å². The molecule has 0 radical (unpaired) electrons. The number of hydrogen-bond donors (Lipinski definition) is 2. The molecule has 2 nitrogen and oxygen atoms in total. The quantitative estimate of drug-likeness (QED) is 0.787. The standard InChI is InChI=1S/C15H18N2/c16-14-8-4-12(5-9-14)2-1-3-13-6-10-15(17)11-7-13/h4-11H,1-3,16-17H2. The molecule has 0 aliphatic carbocycles. The maximum atomic E-state index is 5.65. The lowest BCUT2D eigenvalue weighted by atomic mass is 10.0. The molecule has 0 saturated carbocycles. The molecule has 0 heterocycles. The summed E-state index contributed by atoms with van der Waals surface area (Å²) in [6, 6.07) is 16.2. The molecule has 0 aliphatic heterocycles. The fraction of sp³-hybridized carbons (Fsp3) is 0.200. The lowest BCUT2D eigenvalue weighted by molar-refractivity contribution is 0.821. The van der Waals surface area contributed by atoms with Crippen molar-refractivity contribution in [3.8, 4) is 0 Å². The van der Waals surface area contributed by atoms with Crippen LogP contribution in [0.4, 0.5) is 11.4 Å². The molecule has 4 N–H and O–H groups in total. The molecule has 17 heavy (non-hydrogen) atoms. The Morgan fingerprint density at radius 2 is 0.941 bits per heavy atom. The Hall–Kier alpha value is -1.96. The summed E-state index contributed by atoms with van der Waals surface area (Å²) >= 11 is 0. The molecule has 88 valence electrons. The van der Waals surface area contributed by atoms with Gasteiger partial charge in [-0.25, -0.2) is 0 Å². The summed E-state index contributed by atoms with van der Waals surface area (Å²) in [5.41, 5.74) is 15.6. The highest BCUT2D eigenvalue weighted by Crippen LogP contribution is 2.11. The van der Waals surface area contributed by atoms with E-state index in [1.807, 2.05) is 24.3 Å². The van der Waals surface area contributed by atoms with E-state index in [1.54, 1.807) is 0 Å². The summed E-state index contributed by atoms with van der Waals surface area (Å²) in [4.78, 5) is 0. The number of benzene rings is 2. The minimum atomic E-state index is 0.826. The van der Waals surface area contributed by atoms with Crippen LogP contribution < -0.4 is 11.5 Å². The van der Waals surface area contributed by atoms with Crippen LogP contribution >= 0.6 is 0 Å². The van der Waals surface area contributed by atoms with Gasteiger partial charge in [0.1, 0.15) is 0 Å². The van der Waals surface area contributed by atoms with E-state index in [9.17, 15) is 0 Å². The van der Waals surface area contributed by atoms with Gasteiger partial charge in [-0.05, 0) is 54.7 Å². The molecule has 0 saturated heterocycles. The van der Waals surface area contributed by atoms with Crippen LogP contribution in [0.25, 0.3) is 0 Å². The predicted octanol–water partition coefficient (Wildman–Crippen LogP) is 3.03. The highest BCUT2D eigenvalue weighted by atomic mass is 14.5. The maximum Gasteiger partial charge on any atom is 0.0314 e. The summed E-state index contributed by atoms with van der Waals surface area (Å²) in [6.07, 6.45) is 3.32. The topological polar surface area (TPSA) is 52.0 Å². The Morgan fingerprint density at radius 3 is 1.29 bits per heavy atom. The Balaban J connectivity index is 1.83. The summed E-state index contributed by atoms with van der Waals surface area (Å²) in [5, 5.41) is 0. The van der Waals surface area contributed by atoms with E-state index >= 15 is 0 Å². The molecule has 2 aromatic carbocycles. The van der Waals surface area contributed by atoms with Gasteiger partial charge >= 0.3 is 0 Å². The van der Waals surface area contributed by atoms with Crippen molar-refractivity contribution in [2.75, 3.05) is 11.5 Å². The predicted molar refractivity (Wildman–Crippen MR) is 73.7 cm³/mol. The molecule has 0 fully saturated rings.